The molecule has 2 amide bonds. The van der Waals surface area contributed by atoms with Gasteiger partial charge in [-0.3, -0.25) is 9.59 Å². The standard InChI is InChI=1S/C13H20N4O2S3/c1-4-7-14-10(18)8-20-12-15-16-13(22-12)21-9-11(19)17(5-2)6-3/h4H,1,5-9H2,2-3H3,(H,14,18). The Morgan fingerprint density at radius 2 is 1.82 bits per heavy atom. The van der Waals surface area contributed by atoms with E-state index in [0.717, 1.165) is 8.68 Å². The van der Waals surface area contributed by atoms with Gasteiger partial charge in [0, 0.05) is 19.6 Å². The van der Waals surface area contributed by atoms with Gasteiger partial charge in [-0.1, -0.05) is 40.9 Å². The number of hydrogen-bond donors (Lipinski definition) is 1. The van der Waals surface area contributed by atoms with Crippen LogP contribution in [0, 0.1) is 0 Å². The quantitative estimate of drug-likeness (QED) is 0.507. The summed E-state index contributed by atoms with van der Waals surface area (Å²) in [4.78, 5) is 25.1. The zero-order valence-electron chi connectivity index (χ0n) is 12.7. The van der Waals surface area contributed by atoms with Crippen LogP contribution in [0.25, 0.3) is 0 Å². The lowest BCUT2D eigenvalue weighted by molar-refractivity contribution is -0.128. The van der Waals surface area contributed by atoms with E-state index in [1.165, 1.54) is 34.9 Å². The Bertz CT molecular complexity index is 503. The van der Waals surface area contributed by atoms with E-state index >= 15 is 0 Å². The van der Waals surface area contributed by atoms with Gasteiger partial charge in [-0.05, 0) is 13.8 Å². The van der Waals surface area contributed by atoms with E-state index < -0.39 is 0 Å². The van der Waals surface area contributed by atoms with Gasteiger partial charge in [-0.25, -0.2) is 0 Å². The minimum atomic E-state index is -0.0639. The summed E-state index contributed by atoms with van der Waals surface area (Å²) in [5.41, 5.74) is 0. The number of thioether (sulfide) groups is 2. The first-order chi connectivity index (χ1) is 10.6. The molecule has 122 valence electrons. The second kappa shape index (κ2) is 10.6. The van der Waals surface area contributed by atoms with Crippen LogP contribution < -0.4 is 5.32 Å². The Kier molecular flexibility index (Phi) is 9.17. The predicted molar refractivity (Wildman–Crippen MR) is 92.5 cm³/mol. The average Bonchev–Trinajstić information content (AvgIpc) is 2.98. The molecule has 0 spiro atoms. The van der Waals surface area contributed by atoms with Gasteiger partial charge >= 0.3 is 0 Å². The summed E-state index contributed by atoms with van der Waals surface area (Å²) >= 11 is 4.12. The van der Waals surface area contributed by atoms with E-state index in [1.54, 1.807) is 11.0 Å². The van der Waals surface area contributed by atoms with Crippen molar-refractivity contribution in [3.63, 3.8) is 0 Å². The third-order valence-electron chi connectivity index (χ3n) is 2.59. The maximum atomic E-state index is 11.9. The third-order valence-corrected chi connectivity index (χ3v) is 5.77. The molecule has 0 aliphatic rings. The third kappa shape index (κ3) is 6.80. The summed E-state index contributed by atoms with van der Waals surface area (Å²) in [6.45, 7) is 9.35. The van der Waals surface area contributed by atoms with Crippen molar-refractivity contribution in [2.45, 2.75) is 22.5 Å². The van der Waals surface area contributed by atoms with Gasteiger partial charge < -0.3 is 10.2 Å². The van der Waals surface area contributed by atoms with Crippen LogP contribution in [0.1, 0.15) is 13.8 Å². The maximum Gasteiger partial charge on any atom is 0.233 e. The highest BCUT2D eigenvalue weighted by Gasteiger charge is 2.13. The van der Waals surface area contributed by atoms with Crippen molar-refractivity contribution in [2.75, 3.05) is 31.1 Å². The minimum Gasteiger partial charge on any atom is -0.352 e. The second-order valence-electron chi connectivity index (χ2n) is 4.07. The van der Waals surface area contributed by atoms with Crippen molar-refractivity contribution in [3.8, 4) is 0 Å². The fraction of sp³-hybridized carbons (Fsp3) is 0.538. The van der Waals surface area contributed by atoms with E-state index in [9.17, 15) is 9.59 Å². The van der Waals surface area contributed by atoms with Crippen molar-refractivity contribution >= 4 is 46.7 Å². The van der Waals surface area contributed by atoms with Gasteiger partial charge in [0.1, 0.15) is 0 Å². The molecule has 0 saturated carbocycles. The van der Waals surface area contributed by atoms with E-state index in [2.05, 4.69) is 22.1 Å². The largest absolute Gasteiger partial charge is 0.352 e. The maximum absolute atomic E-state index is 11.9. The van der Waals surface area contributed by atoms with Crippen LogP contribution in [-0.4, -0.2) is 58.1 Å². The van der Waals surface area contributed by atoms with Crippen LogP contribution in [0.3, 0.4) is 0 Å². The number of amides is 2. The van der Waals surface area contributed by atoms with Crippen molar-refractivity contribution < 1.29 is 9.59 Å². The Labute approximate surface area is 143 Å². The molecule has 1 rings (SSSR count). The number of nitrogens with zero attached hydrogens (tertiary/aromatic N) is 3. The summed E-state index contributed by atoms with van der Waals surface area (Å²) in [6.07, 6.45) is 1.63. The fourth-order valence-electron chi connectivity index (χ4n) is 1.47. The van der Waals surface area contributed by atoms with Gasteiger partial charge in [0.2, 0.25) is 11.8 Å². The molecule has 9 heteroatoms. The Balaban J connectivity index is 2.36. The molecular weight excluding hydrogens is 340 g/mol. The van der Waals surface area contributed by atoms with E-state index in [4.69, 9.17) is 0 Å². The first kappa shape index (κ1) is 19.0. The average molecular weight is 361 g/mol. The SMILES string of the molecule is C=CCNC(=O)CSc1nnc(SCC(=O)N(CC)CC)s1. The van der Waals surface area contributed by atoms with Crippen LogP contribution in [0.15, 0.2) is 21.3 Å². The van der Waals surface area contributed by atoms with E-state index in [1.807, 2.05) is 13.8 Å². The molecule has 0 radical (unpaired) electrons. The topological polar surface area (TPSA) is 75.2 Å². The van der Waals surface area contributed by atoms with Crippen LogP contribution in [-0.2, 0) is 9.59 Å². The number of hydrogen-bond acceptors (Lipinski definition) is 7. The monoisotopic (exact) mass is 360 g/mol. The molecule has 0 atom stereocenters. The summed E-state index contributed by atoms with van der Waals surface area (Å²) in [7, 11) is 0. The smallest absolute Gasteiger partial charge is 0.233 e. The Morgan fingerprint density at radius 1 is 1.23 bits per heavy atom. The normalized spacial score (nSPS) is 10.3. The van der Waals surface area contributed by atoms with Crippen molar-refractivity contribution in [1.82, 2.24) is 20.4 Å². The number of rotatable bonds is 10. The molecule has 1 aromatic rings. The molecule has 1 heterocycles. The first-order valence-electron chi connectivity index (χ1n) is 6.85. The molecule has 6 nitrogen and oxygen atoms in total. The molecule has 0 fully saturated rings. The van der Waals surface area contributed by atoms with Gasteiger partial charge in [0.15, 0.2) is 8.68 Å². The summed E-state index contributed by atoms with van der Waals surface area (Å²) in [6, 6.07) is 0. The second-order valence-corrected chi connectivity index (χ2v) is 7.49. The van der Waals surface area contributed by atoms with Gasteiger partial charge in [-0.2, -0.15) is 0 Å². The highest BCUT2D eigenvalue weighted by Crippen LogP contribution is 2.28. The lowest BCUT2D eigenvalue weighted by atomic mass is 10.5. The lowest BCUT2D eigenvalue weighted by Crippen LogP contribution is -2.31. The van der Waals surface area contributed by atoms with Crippen LogP contribution in [0.5, 0.6) is 0 Å². The molecule has 22 heavy (non-hydrogen) atoms. The van der Waals surface area contributed by atoms with Gasteiger partial charge in [0.25, 0.3) is 0 Å². The lowest BCUT2D eigenvalue weighted by Gasteiger charge is -2.17. The highest BCUT2D eigenvalue weighted by molar-refractivity contribution is 8.03. The summed E-state index contributed by atoms with van der Waals surface area (Å²) < 4.78 is 1.47. The molecule has 0 aromatic carbocycles. The van der Waals surface area contributed by atoms with Crippen LogP contribution in [0.2, 0.25) is 0 Å². The summed E-state index contributed by atoms with van der Waals surface area (Å²) in [5, 5.41) is 10.7. The molecule has 1 N–H and O–H groups in total. The molecule has 0 aliphatic heterocycles. The Hall–Kier alpha value is -1.06. The molecule has 0 bridgehead atoms. The number of aromatic nitrogens is 2. The number of carbonyl (C=O) groups is 2. The zero-order chi connectivity index (χ0) is 16.4. The fourth-order valence-corrected chi connectivity index (χ4v) is 4.22. The highest BCUT2D eigenvalue weighted by atomic mass is 32.2. The van der Waals surface area contributed by atoms with Crippen molar-refractivity contribution in [3.05, 3.63) is 12.7 Å². The van der Waals surface area contributed by atoms with Crippen LogP contribution in [0.4, 0.5) is 0 Å². The molecule has 1 aromatic heterocycles. The molecule has 0 unspecified atom stereocenters. The van der Waals surface area contributed by atoms with Crippen molar-refractivity contribution in [2.24, 2.45) is 0 Å². The first-order valence-corrected chi connectivity index (χ1v) is 9.63. The predicted octanol–water partition coefficient (Wildman–Crippen LogP) is 1.89. The van der Waals surface area contributed by atoms with Crippen LogP contribution >= 0.6 is 34.9 Å². The summed E-state index contributed by atoms with van der Waals surface area (Å²) in [5.74, 6) is 0.695. The van der Waals surface area contributed by atoms with Gasteiger partial charge in [0.05, 0.1) is 11.5 Å². The zero-order valence-corrected chi connectivity index (χ0v) is 15.2. The van der Waals surface area contributed by atoms with E-state index in [-0.39, 0.29) is 11.8 Å². The molecular formula is C13H20N4O2S3. The molecule has 0 aliphatic carbocycles. The van der Waals surface area contributed by atoms with E-state index in [0.29, 0.717) is 31.1 Å². The Morgan fingerprint density at radius 3 is 2.36 bits per heavy atom. The molecule has 0 saturated heterocycles. The minimum absolute atomic E-state index is 0.0639. The van der Waals surface area contributed by atoms with Gasteiger partial charge in [-0.15, -0.1) is 16.8 Å². The number of nitrogens with one attached hydrogen (secondary N) is 1. The number of carbonyl (C=O) groups excluding carboxylic acids is 2. The van der Waals surface area contributed by atoms with Crippen molar-refractivity contribution in [1.29, 1.82) is 0 Å².